The summed E-state index contributed by atoms with van der Waals surface area (Å²) in [5.41, 5.74) is 3.90. The van der Waals surface area contributed by atoms with Crippen LogP contribution in [0.25, 0.3) is 0 Å². The van der Waals surface area contributed by atoms with Crippen LogP contribution in [-0.4, -0.2) is 28.9 Å². The highest BCUT2D eigenvalue weighted by Gasteiger charge is 2.30. The largest absolute Gasteiger partial charge is 0.508 e. The number of aromatic hydroxyl groups is 1. The summed E-state index contributed by atoms with van der Waals surface area (Å²) in [6, 6.07) is 20.4. The van der Waals surface area contributed by atoms with Crippen LogP contribution >= 0.6 is 11.3 Å². The van der Waals surface area contributed by atoms with Crippen molar-refractivity contribution in [3.8, 4) is 5.75 Å². The molecule has 7 nitrogen and oxygen atoms in total. The topological polar surface area (TPSA) is 108 Å². The second kappa shape index (κ2) is 9.59. The van der Waals surface area contributed by atoms with Gasteiger partial charge in [0.15, 0.2) is 5.78 Å². The number of rotatable bonds is 6. The van der Waals surface area contributed by atoms with Gasteiger partial charge in [0.05, 0.1) is 10.6 Å². The molecule has 0 spiro atoms. The Morgan fingerprint density at radius 1 is 1.03 bits per heavy atom. The Labute approximate surface area is 211 Å². The van der Waals surface area contributed by atoms with Crippen LogP contribution in [0.1, 0.15) is 42.6 Å². The molecule has 1 aliphatic heterocycles. The van der Waals surface area contributed by atoms with E-state index in [-0.39, 0.29) is 23.3 Å². The van der Waals surface area contributed by atoms with E-state index in [2.05, 4.69) is 15.6 Å². The zero-order chi connectivity index (χ0) is 25.2. The molecule has 2 amide bonds. The van der Waals surface area contributed by atoms with E-state index in [4.69, 9.17) is 0 Å². The third-order valence-electron chi connectivity index (χ3n) is 5.88. The van der Waals surface area contributed by atoms with Gasteiger partial charge in [0, 0.05) is 34.8 Å². The lowest BCUT2D eigenvalue weighted by atomic mass is 9.97. The maximum atomic E-state index is 13.2. The van der Waals surface area contributed by atoms with Crippen molar-refractivity contribution in [1.82, 2.24) is 0 Å². The minimum absolute atomic E-state index is 0.138. The van der Waals surface area contributed by atoms with Crippen molar-refractivity contribution in [2.45, 2.75) is 12.8 Å². The molecule has 3 aromatic carbocycles. The summed E-state index contributed by atoms with van der Waals surface area (Å²) in [7, 11) is 0. The van der Waals surface area contributed by atoms with Gasteiger partial charge in [0.2, 0.25) is 5.91 Å². The van der Waals surface area contributed by atoms with Gasteiger partial charge >= 0.3 is 0 Å². The number of carbonyl (C=O) groups is 3. The van der Waals surface area contributed by atoms with Crippen LogP contribution in [0.2, 0.25) is 0 Å². The van der Waals surface area contributed by atoms with Crippen molar-refractivity contribution < 1.29 is 19.5 Å². The van der Waals surface area contributed by atoms with E-state index in [1.54, 1.807) is 79.7 Å². The molecular formula is C28H21N3O4S. The summed E-state index contributed by atoms with van der Waals surface area (Å²) in [4.78, 5) is 43.0. The Balaban J connectivity index is 1.34. The Morgan fingerprint density at radius 3 is 2.64 bits per heavy atom. The van der Waals surface area contributed by atoms with Gasteiger partial charge in [-0.1, -0.05) is 36.4 Å². The number of nitrogens with one attached hydrogen (secondary N) is 2. The van der Waals surface area contributed by atoms with Gasteiger partial charge < -0.3 is 15.7 Å². The molecule has 0 saturated heterocycles. The third-order valence-corrected chi connectivity index (χ3v) is 6.75. The van der Waals surface area contributed by atoms with E-state index in [1.807, 2.05) is 5.38 Å². The maximum Gasteiger partial charge on any atom is 0.265 e. The molecule has 178 valence electrons. The molecule has 0 radical (unpaired) electrons. The van der Waals surface area contributed by atoms with E-state index >= 15 is 0 Å². The Kier molecular flexibility index (Phi) is 6.18. The van der Waals surface area contributed by atoms with Gasteiger partial charge in [-0.2, -0.15) is 0 Å². The smallest absolute Gasteiger partial charge is 0.265 e. The minimum Gasteiger partial charge on any atom is -0.508 e. The first-order valence-corrected chi connectivity index (χ1v) is 12.1. The fourth-order valence-corrected chi connectivity index (χ4v) is 4.54. The molecule has 8 heteroatoms. The average Bonchev–Trinajstić information content (AvgIpc) is 3.52. The summed E-state index contributed by atoms with van der Waals surface area (Å²) in [6.45, 7) is 1.79. The van der Waals surface area contributed by atoms with Gasteiger partial charge in [0.25, 0.3) is 5.91 Å². The number of fused-ring (bicyclic) bond motifs is 1. The first kappa shape index (κ1) is 23.2. The van der Waals surface area contributed by atoms with Crippen molar-refractivity contribution in [3.05, 3.63) is 105 Å². The van der Waals surface area contributed by atoms with Crippen LogP contribution < -0.4 is 10.6 Å². The molecule has 1 atom stereocenters. The van der Waals surface area contributed by atoms with Crippen LogP contribution in [0, 0.1) is 6.92 Å². The van der Waals surface area contributed by atoms with Crippen LogP contribution in [-0.2, 0) is 4.79 Å². The molecule has 3 N–H and O–H groups in total. The number of carbonyl (C=O) groups excluding carboxylic acids is 3. The molecule has 0 fully saturated rings. The molecular weight excluding hydrogens is 474 g/mol. The van der Waals surface area contributed by atoms with Gasteiger partial charge in [0.1, 0.15) is 11.7 Å². The summed E-state index contributed by atoms with van der Waals surface area (Å²) in [5, 5.41) is 17.3. The number of hydrogen-bond acceptors (Lipinski definition) is 6. The Bertz CT molecular complexity index is 1530. The number of aliphatic imine (C=N–C) groups is 1. The second-order valence-corrected chi connectivity index (χ2v) is 9.31. The van der Waals surface area contributed by atoms with Crippen molar-refractivity contribution >= 4 is 52.2 Å². The highest BCUT2D eigenvalue weighted by atomic mass is 32.1. The van der Waals surface area contributed by atoms with Crippen LogP contribution in [0.3, 0.4) is 0 Å². The summed E-state index contributed by atoms with van der Waals surface area (Å²) in [5.74, 6) is -1.18. The van der Waals surface area contributed by atoms with Gasteiger partial charge in [-0.15, -0.1) is 11.3 Å². The molecule has 1 aromatic heterocycles. The molecule has 1 unspecified atom stereocenters. The molecule has 36 heavy (non-hydrogen) atoms. The standard InChI is InChI=1S/C28H21N3O4S/c1-16-7-9-19(14-24(16)32)29-15-22-21-10-8-18(13-23(21)31-27(22)34)26(33)17-4-2-5-20(12-17)30-28(35)25-6-3-11-36-25/h2-15,22,32H,1H3,(H,30,35)(H,31,34). The molecule has 0 bridgehead atoms. The Morgan fingerprint density at radius 2 is 1.86 bits per heavy atom. The quantitative estimate of drug-likeness (QED) is 0.236. The fraction of sp³-hybridized carbons (Fsp3) is 0.0714. The van der Waals surface area contributed by atoms with Crippen molar-refractivity contribution in [1.29, 1.82) is 0 Å². The number of thiophene rings is 1. The lowest BCUT2D eigenvalue weighted by Crippen LogP contribution is -2.12. The number of amides is 2. The monoisotopic (exact) mass is 495 g/mol. The highest BCUT2D eigenvalue weighted by Crippen LogP contribution is 2.34. The number of anilines is 2. The van der Waals surface area contributed by atoms with Gasteiger partial charge in [-0.25, -0.2) is 0 Å². The minimum atomic E-state index is -0.608. The lowest BCUT2D eigenvalue weighted by molar-refractivity contribution is -0.115. The molecule has 4 aromatic rings. The van der Waals surface area contributed by atoms with E-state index in [9.17, 15) is 19.5 Å². The maximum absolute atomic E-state index is 13.2. The average molecular weight is 496 g/mol. The predicted octanol–water partition coefficient (Wildman–Crippen LogP) is 5.68. The van der Waals surface area contributed by atoms with Gasteiger partial charge in [-0.05, 0) is 53.8 Å². The van der Waals surface area contributed by atoms with Crippen molar-refractivity contribution in [3.63, 3.8) is 0 Å². The number of aryl methyl sites for hydroxylation is 1. The van der Waals surface area contributed by atoms with Crippen LogP contribution in [0.15, 0.2) is 83.2 Å². The number of ketones is 1. The van der Waals surface area contributed by atoms with E-state index in [0.29, 0.717) is 38.6 Å². The SMILES string of the molecule is Cc1ccc(N=CC2C(=O)Nc3cc(C(=O)c4cccc(NC(=O)c5cccs5)c4)ccc32)cc1O. The normalized spacial score (nSPS) is 14.5. The molecule has 5 rings (SSSR count). The predicted molar refractivity (Wildman–Crippen MR) is 141 cm³/mol. The molecule has 2 heterocycles. The highest BCUT2D eigenvalue weighted by molar-refractivity contribution is 7.12. The van der Waals surface area contributed by atoms with Gasteiger partial charge in [-0.3, -0.25) is 19.4 Å². The lowest BCUT2D eigenvalue weighted by Gasteiger charge is -2.08. The van der Waals surface area contributed by atoms with E-state index < -0.39 is 5.92 Å². The fourth-order valence-electron chi connectivity index (χ4n) is 3.92. The van der Waals surface area contributed by atoms with Crippen molar-refractivity contribution in [2.24, 2.45) is 4.99 Å². The summed E-state index contributed by atoms with van der Waals surface area (Å²) < 4.78 is 0. The second-order valence-electron chi connectivity index (χ2n) is 8.36. The summed E-state index contributed by atoms with van der Waals surface area (Å²) in [6.07, 6.45) is 1.53. The number of phenolic OH excluding ortho intramolecular Hbond substituents is 1. The number of benzene rings is 3. The molecule has 0 aliphatic carbocycles. The first-order chi connectivity index (χ1) is 17.4. The van der Waals surface area contributed by atoms with Crippen molar-refractivity contribution in [2.75, 3.05) is 10.6 Å². The van der Waals surface area contributed by atoms with E-state index in [1.165, 1.54) is 17.6 Å². The van der Waals surface area contributed by atoms with Crippen LogP contribution in [0.4, 0.5) is 17.1 Å². The Hall–Kier alpha value is -4.56. The third kappa shape index (κ3) is 4.67. The molecule has 1 aliphatic rings. The summed E-state index contributed by atoms with van der Waals surface area (Å²) >= 11 is 1.34. The zero-order valence-corrected chi connectivity index (χ0v) is 20.0. The number of phenols is 1. The van der Waals surface area contributed by atoms with Crippen LogP contribution in [0.5, 0.6) is 5.75 Å². The number of nitrogens with zero attached hydrogens (tertiary/aromatic N) is 1. The number of hydrogen-bond donors (Lipinski definition) is 3. The van der Waals surface area contributed by atoms with E-state index in [0.717, 1.165) is 5.56 Å². The zero-order valence-electron chi connectivity index (χ0n) is 19.2. The first-order valence-electron chi connectivity index (χ1n) is 11.2. The molecule has 0 saturated carbocycles.